The predicted molar refractivity (Wildman–Crippen MR) is 112 cm³/mol. The Balaban J connectivity index is 1.93. The van der Waals surface area contributed by atoms with E-state index in [1.165, 1.54) is 5.56 Å². The van der Waals surface area contributed by atoms with Gasteiger partial charge in [-0.05, 0) is 25.3 Å². The molecule has 27 heavy (non-hydrogen) atoms. The maximum atomic E-state index is 11.9. The van der Waals surface area contributed by atoms with Crippen molar-refractivity contribution in [3.63, 3.8) is 0 Å². The second-order valence-corrected chi connectivity index (χ2v) is 7.57. The largest absolute Gasteiger partial charge is 0.356 e. The van der Waals surface area contributed by atoms with Gasteiger partial charge in [-0.3, -0.25) is 9.69 Å². The first-order valence-electron chi connectivity index (χ1n) is 10.0. The fraction of sp³-hybridized carbons (Fsp3) is 0.619. The molecule has 0 aliphatic carbocycles. The van der Waals surface area contributed by atoms with Gasteiger partial charge in [0.1, 0.15) is 6.54 Å². The van der Waals surface area contributed by atoms with E-state index >= 15 is 0 Å². The van der Waals surface area contributed by atoms with Crippen LogP contribution in [0.25, 0.3) is 0 Å². The topological polar surface area (TPSA) is 60.0 Å². The van der Waals surface area contributed by atoms with Crippen molar-refractivity contribution in [3.8, 4) is 0 Å². The molecule has 150 valence electrons. The molecule has 0 radical (unpaired) electrons. The maximum Gasteiger partial charge on any atom is 0.243 e. The zero-order valence-electron chi connectivity index (χ0n) is 17.2. The minimum atomic E-state index is 0.0112. The average molecular weight is 374 g/mol. The summed E-state index contributed by atoms with van der Waals surface area (Å²) in [6, 6.07) is 11.5. The van der Waals surface area contributed by atoms with E-state index in [4.69, 9.17) is 0 Å². The zero-order valence-corrected chi connectivity index (χ0v) is 17.2. The molecule has 1 saturated heterocycles. The van der Waals surface area contributed by atoms with Crippen LogP contribution in [0, 0.1) is 0 Å². The molecule has 2 unspecified atom stereocenters. The first-order chi connectivity index (χ1) is 13.0. The predicted octanol–water partition coefficient (Wildman–Crippen LogP) is 2.07. The summed E-state index contributed by atoms with van der Waals surface area (Å²) in [7, 11) is 3.52. The Kier molecular flexibility index (Phi) is 8.58. The number of rotatable bonds is 8. The smallest absolute Gasteiger partial charge is 0.243 e. The number of benzene rings is 1. The summed E-state index contributed by atoms with van der Waals surface area (Å²) in [6.45, 7) is 7.43. The van der Waals surface area contributed by atoms with Crippen molar-refractivity contribution in [3.05, 3.63) is 35.9 Å². The van der Waals surface area contributed by atoms with E-state index in [2.05, 4.69) is 64.7 Å². The number of unbranched alkanes of at least 4 members (excludes halogenated alkanes) is 1. The second kappa shape index (κ2) is 10.9. The number of hydrogen-bond donors (Lipinski definition) is 2. The van der Waals surface area contributed by atoms with Crippen LogP contribution in [0.1, 0.15) is 38.7 Å². The standard InChI is InChI=1S/C21H35N5O/c1-5-6-12-22-21(23-14-20(27)25(3)4)24-19-13-17(2)26(16-19)15-18-10-8-7-9-11-18/h7-11,17,19H,5-6,12-16H2,1-4H3,(H2,22,23,24). The normalized spacial score (nSPS) is 20.5. The number of nitrogens with one attached hydrogen (secondary N) is 2. The van der Waals surface area contributed by atoms with E-state index in [1.807, 2.05) is 0 Å². The summed E-state index contributed by atoms with van der Waals surface area (Å²) in [5.41, 5.74) is 1.34. The van der Waals surface area contributed by atoms with Crippen LogP contribution in [0.4, 0.5) is 0 Å². The number of likely N-dealkylation sites (N-methyl/N-ethyl adjacent to an activating group) is 1. The number of carbonyl (C=O) groups is 1. The van der Waals surface area contributed by atoms with E-state index in [9.17, 15) is 4.79 Å². The third-order valence-corrected chi connectivity index (χ3v) is 4.97. The number of hydrogen-bond acceptors (Lipinski definition) is 3. The molecule has 1 aliphatic heterocycles. The number of nitrogens with zero attached hydrogens (tertiary/aromatic N) is 3. The molecule has 1 fully saturated rings. The first kappa shape index (κ1) is 21.2. The van der Waals surface area contributed by atoms with Gasteiger partial charge in [-0.15, -0.1) is 0 Å². The van der Waals surface area contributed by atoms with Gasteiger partial charge in [-0.25, -0.2) is 4.99 Å². The lowest BCUT2D eigenvalue weighted by Gasteiger charge is -2.21. The van der Waals surface area contributed by atoms with Gasteiger partial charge >= 0.3 is 0 Å². The maximum absolute atomic E-state index is 11.9. The minimum absolute atomic E-state index is 0.0112. The van der Waals surface area contributed by atoms with Gasteiger partial charge in [0.2, 0.25) is 5.91 Å². The van der Waals surface area contributed by atoms with Crippen LogP contribution >= 0.6 is 0 Å². The van der Waals surface area contributed by atoms with Gasteiger partial charge in [0, 0.05) is 45.8 Å². The van der Waals surface area contributed by atoms with Gasteiger partial charge in [-0.2, -0.15) is 0 Å². The number of aliphatic imine (C=N–C) groups is 1. The molecule has 1 heterocycles. The third-order valence-electron chi connectivity index (χ3n) is 4.97. The molecular weight excluding hydrogens is 338 g/mol. The van der Waals surface area contributed by atoms with E-state index in [1.54, 1.807) is 19.0 Å². The first-order valence-corrected chi connectivity index (χ1v) is 10.0. The summed E-state index contributed by atoms with van der Waals surface area (Å²) in [4.78, 5) is 20.5. The van der Waals surface area contributed by atoms with Crippen LogP contribution < -0.4 is 10.6 Å². The molecule has 2 N–H and O–H groups in total. The number of amides is 1. The quantitative estimate of drug-likeness (QED) is 0.416. The SMILES string of the molecule is CCCCNC(=NCC(=O)N(C)C)NC1CC(C)N(Cc2ccccc2)C1. The Labute approximate surface area is 164 Å². The highest BCUT2D eigenvalue weighted by atomic mass is 16.2. The van der Waals surface area contributed by atoms with Crippen molar-refractivity contribution < 1.29 is 4.79 Å². The molecule has 1 aromatic rings. The molecule has 1 aliphatic rings. The Morgan fingerprint density at radius 2 is 2.04 bits per heavy atom. The van der Waals surface area contributed by atoms with Gasteiger partial charge in [0.15, 0.2) is 5.96 Å². The average Bonchev–Trinajstić information content (AvgIpc) is 2.99. The summed E-state index contributed by atoms with van der Waals surface area (Å²) in [6.07, 6.45) is 3.29. The van der Waals surface area contributed by atoms with Gasteiger partial charge < -0.3 is 15.5 Å². The zero-order chi connectivity index (χ0) is 19.6. The van der Waals surface area contributed by atoms with Gasteiger partial charge in [0.05, 0.1) is 0 Å². The Morgan fingerprint density at radius 3 is 2.70 bits per heavy atom. The fourth-order valence-corrected chi connectivity index (χ4v) is 3.26. The lowest BCUT2D eigenvalue weighted by atomic mass is 10.2. The molecule has 1 aromatic carbocycles. The van der Waals surface area contributed by atoms with Crippen molar-refractivity contribution in [1.82, 2.24) is 20.4 Å². The molecule has 6 nitrogen and oxygen atoms in total. The van der Waals surface area contributed by atoms with Crippen molar-refractivity contribution >= 4 is 11.9 Å². The fourth-order valence-electron chi connectivity index (χ4n) is 3.26. The summed E-state index contributed by atoms with van der Waals surface area (Å²) in [5, 5.41) is 6.91. The Morgan fingerprint density at radius 1 is 1.30 bits per heavy atom. The molecule has 0 aromatic heterocycles. The van der Waals surface area contributed by atoms with Crippen LogP contribution in [-0.2, 0) is 11.3 Å². The summed E-state index contributed by atoms with van der Waals surface area (Å²) >= 11 is 0. The molecular formula is C21H35N5O. The van der Waals surface area contributed by atoms with Crippen LogP contribution in [0.15, 0.2) is 35.3 Å². The monoisotopic (exact) mass is 373 g/mol. The highest BCUT2D eigenvalue weighted by molar-refractivity contribution is 5.84. The molecule has 0 spiro atoms. The van der Waals surface area contributed by atoms with Crippen molar-refractivity contribution in [2.45, 2.75) is 51.7 Å². The van der Waals surface area contributed by atoms with Gasteiger partial charge in [0.25, 0.3) is 0 Å². The minimum Gasteiger partial charge on any atom is -0.356 e. The van der Waals surface area contributed by atoms with Crippen molar-refractivity contribution in [1.29, 1.82) is 0 Å². The summed E-state index contributed by atoms with van der Waals surface area (Å²) < 4.78 is 0. The van der Waals surface area contributed by atoms with E-state index in [0.717, 1.165) is 44.9 Å². The van der Waals surface area contributed by atoms with Crippen molar-refractivity contribution in [2.24, 2.45) is 4.99 Å². The molecule has 2 atom stereocenters. The molecule has 1 amide bonds. The molecule has 2 rings (SSSR count). The van der Waals surface area contributed by atoms with E-state index in [0.29, 0.717) is 12.1 Å². The van der Waals surface area contributed by atoms with Crippen LogP contribution in [0.3, 0.4) is 0 Å². The highest BCUT2D eigenvalue weighted by Gasteiger charge is 2.29. The lowest BCUT2D eigenvalue weighted by Crippen LogP contribution is -2.45. The van der Waals surface area contributed by atoms with Crippen LogP contribution in [0.2, 0.25) is 0 Å². The summed E-state index contributed by atoms with van der Waals surface area (Å²) in [5.74, 6) is 0.759. The molecule has 0 saturated carbocycles. The Hall–Kier alpha value is -2.08. The number of guanidine groups is 1. The second-order valence-electron chi connectivity index (χ2n) is 7.57. The molecule has 6 heteroatoms. The molecule has 0 bridgehead atoms. The Bertz CT molecular complexity index is 602. The van der Waals surface area contributed by atoms with Crippen molar-refractivity contribution in [2.75, 3.05) is 33.7 Å². The van der Waals surface area contributed by atoms with Crippen LogP contribution in [0.5, 0.6) is 0 Å². The van der Waals surface area contributed by atoms with E-state index in [-0.39, 0.29) is 12.5 Å². The van der Waals surface area contributed by atoms with Gasteiger partial charge in [-0.1, -0.05) is 43.7 Å². The highest BCUT2D eigenvalue weighted by Crippen LogP contribution is 2.20. The number of likely N-dealkylation sites (tertiary alicyclic amines) is 1. The van der Waals surface area contributed by atoms with E-state index < -0.39 is 0 Å². The number of carbonyl (C=O) groups excluding carboxylic acids is 1. The third kappa shape index (κ3) is 7.21. The lowest BCUT2D eigenvalue weighted by molar-refractivity contribution is -0.127. The van der Waals surface area contributed by atoms with Crippen LogP contribution in [-0.4, -0.2) is 67.5 Å².